The van der Waals surface area contributed by atoms with Crippen molar-refractivity contribution >= 4 is 0 Å². The molecule has 1 unspecified atom stereocenters. The van der Waals surface area contributed by atoms with Gasteiger partial charge in [-0.15, -0.1) is 0 Å². The zero-order valence-electron chi connectivity index (χ0n) is 9.40. The first-order chi connectivity index (χ1) is 7.31. The lowest BCUT2D eigenvalue weighted by Gasteiger charge is -2.10. The average molecular weight is 213 g/mol. The van der Waals surface area contributed by atoms with Gasteiger partial charge in [-0.1, -0.05) is 18.5 Å². The van der Waals surface area contributed by atoms with E-state index < -0.39 is 0 Å². The molecule has 0 fully saturated rings. The van der Waals surface area contributed by atoms with Gasteiger partial charge in [0, 0.05) is 19.6 Å². The summed E-state index contributed by atoms with van der Waals surface area (Å²) in [5, 5.41) is 3.91. The van der Waals surface area contributed by atoms with Crippen LogP contribution >= 0.6 is 0 Å². The fourth-order valence-electron chi connectivity index (χ4n) is 1.37. The maximum atomic E-state index is 5.54. The highest BCUT2D eigenvalue weighted by molar-refractivity contribution is 4.91. The minimum atomic E-state index is -0.0460. The predicted octanol–water partition coefficient (Wildman–Crippen LogP) is 1.45. The van der Waals surface area contributed by atoms with E-state index in [1.165, 1.54) is 0 Å². The molecule has 0 aromatic carbocycles. The summed E-state index contributed by atoms with van der Waals surface area (Å²) in [6.45, 7) is 5.25. The van der Waals surface area contributed by atoms with Crippen LogP contribution in [0.3, 0.4) is 0 Å². The van der Waals surface area contributed by atoms with Crippen LogP contribution in [-0.2, 0) is 11.2 Å². The highest BCUT2D eigenvalue weighted by Crippen LogP contribution is 2.19. The standard InChI is InChI=1S/C10H19N3O2/c1-3-5-8(14-4-2)10-12-9(6-7-11)15-13-10/h8H,3-7,11H2,1-2H3. The second-order valence-electron chi connectivity index (χ2n) is 3.32. The Hall–Kier alpha value is -0.940. The molecule has 5 nitrogen and oxygen atoms in total. The van der Waals surface area contributed by atoms with Gasteiger partial charge in [0.1, 0.15) is 6.10 Å². The molecule has 1 aromatic heterocycles. The molecule has 86 valence electrons. The topological polar surface area (TPSA) is 74.2 Å². The average Bonchev–Trinajstić information content (AvgIpc) is 2.67. The number of rotatable bonds is 7. The van der Waals surface area contributed by atoms with Gasteiger partial charge in [-0.05, 0) is 13.3 Å². The van der Waals surface area contributed by atoms with E-state index in [2.05, 4.69) is 17.1 Å². The predicted molar refractivity (Wildman–Crippen MR) is 56.3 cm³/mol. The minimum absolute atomic E-state index is 0.0460. The molecule has 0 amide bonds. The Kier molecular flexibility index (Phi) is 5.28. The van der Waals surface area contributed by atoms with Crippen LogP contribution in [0.25, 0.3) is 0 Å². The van der Waals surface area contributed by atoms with Crippen LogP contribution in [-0.4, -0.2) is 23.3 Å². The lowest BCUT2D eigenvalue weighted by atomic mass is 10.2. The molecular formula is C10H19N3O2. The van der Waals surface area contributed by atoms with Gasteiger partial charge in [-0.2, -0.15) is 4.98 Å². The van der Waals surface area contributed by atoms with Crippen LogP contribution in [0.15, 0.2) is 4.52 Å². The lowest BCUT2D eigenvalue weighted by molar-refractivity contribution is 0.0478. The van der Waals surface area contributed by atoms with Crippen LogP contribution in [0.4, 0.5) is 0 Å². The maximum absolute atomic E-state index is 5.54. The van der Waals surface area contributed by atoms with Crippen molar-refractivity contribution in [2.24, 2.45) is 5.73 Å². The van der Waals surface area contributed by atoms with Gasteiger partial charge in [0.25, 0.3) is 0 Å². The molecule has 0 saturated heterocycles. The van der Waals surface area contributed by atoms with Crippen molar-refractivity contribution in [2.45, 2.75) is 39.2 Å². The Morgan fingerprint density at radius 2 is 2.27 bits per heavy atom. The van der Waals surface area contributed by atoms with Gasteiger partial charge in [0.05, 0.1) is 0 Å². The Balaban J connectivity index is 2.63. The highest BCUT2D eigenvalue weighted by Gasteiger charge is 2.17. The molecule has 0 radical (unpaired) electrons. The molecule has 1 aromatic rings. The number of ether oxygens (including phenoxy) is 1. The zero-order valence-corrected chi connectivity index (χ0v) is 9.40. The van der Waals surface area contributed by atoms with Crippen molar-refractivity contribution in [3.63, 3.8) is 0 Å². The summed E-state index contributed by atoms with van der Waals surface area (Å²) < 4.78 is 10.6. The number of hydrogen-bond acceptors (Lipinski definition) is 5. The summed E-state index contributed by atoms with van der Waals surface area (Å²) in [6.07, 6.45) is 2.52. The normalized spacial score (nSPS) is 13.0. The molecule has 0 bridgehead atoms. The van der Waals surface area contributed by atoms with Crippen molar-refractivity contribution in [1.29, 1.82) is 0 Å². The van der Waals surface area contributed by atoms with Gasteiger partial charge >= 0.3 is 0 Å². The Labute approximate surface area is 90.0 Å². The van der Waals surface area contributed by atoms with Crippen molar-refractivity contribution in [3.05, 3.63) is 11.7 Å². The zero-order chi connectivity index (χ0) is 11.1. The van der Waals surface area contributed by atoms with Crippen molar-refractivity contribution < 1.29 is 9.26 Å². The van der Waals surface area contributed by atoms with Gasteiger partial charge in [0.15, 0.2) is 0 Å². The van der Waals surface area contributed by atoms with E-state index in [1.807, 2.05) is 6.92 Å². The molecule has 0 aliphatic carbocycles. The summed E-state index contributed by atoms with van der Waals surface area (Å²) in [5.74, 6) is 1.23. The molecule has 1 rings (SSSR count). The first-order valence-corrected chi connectivity index (χ1v) is 5.45. The molecule has 0 spiro atoms. The molecular weight excluding hydrogens is 194 g/mol. The first-order valence-electron chi connectivity index (χ1n) is 5.45. The molecule has 1 atom stereocenters. The third kappa shape index (κ3) is 3.60. The quantitative estimate of drug-likeness (QED) is 0.742. The number of hydrogen-bond donors (Lipinski definition) is 1. The van der Waals surface area contributed by atoms with E-state index in [9.17, 15) is 0 Å². The van der Waals surface area contributed by atoms with E-state index in [0.717, 1.165) is 12.8 Å². The van der Waals surface area contributed by atoms with Crippen LogP contribution in [0, 0.1) is 0 Å². The SMILES string of the molecule is CCCC(OCC)c1noc(CCN)n1. The number of aromatic nitrogens is 2. The molecule has 15 heavy (non-hydrogen) atoms. The van der Waals surface area contributed by atoms with Crippen molar-refractivity contribution in [2.75, 3.05) is 13.2 Å². The summed E-state index contributed by atoms with van der Waals surface area (Å²) in [5.41, 5.74) is 5.40. The molecule has 0 aliphatic rings. The molecule has 5 heteroatoms. The Morgan fingerprint density at radius 1 is 1.47 bits per heavy atom. The minimum Gasteiger partial charge on any atom is -0.370 e. The lowest BCUT2D eigenvalue weighted by Crippen LogP contribution is -2.07. The third-order valence-corrected chi connectivity index (χ3v) is 2.05. The molecule has 0 aliphatic heterocycles. The molecule has 1 heterocycles. The van der Waals surface area contributed by atoms with Crippen LogP contribution in [0.2, 0.25) is 0 Å². The van der Waals surface area contributed by atoms with Crippen molar-refractivity contribution in [3.8, 4) is 0 Å². The van der Waals surface area contributed by atoms with E-state index >= 15 is 0 Å². The fraction of sp³-hybridized carbons (Fsp3) is 0.800. The summed E-state index contributed by atoms with van der Waals surface area (Å²) in [6, 6.07) is 0. The van der Waals surface area contributed by atoms with Gasteiger partial charge in [-0.25, -0.2) is 0 Å². The van der Waals surface area contributed by atoms with Gasteiger partial charge in [-0.3, -0.25) is 0 Å². The van der Waals surface area contributed by atoms with E-state index in [-0.39, 0.29) is 6.10 Å². The highest BCUT2D eigenvalue weighted by atomic mass is 16.5. The summed E-state index contributed by atoms with van der Waals surface area (Å²) >= 11 is 0. The van der Waals surface area contributed by atoms with Gasteiger partial charge in [0.2, 0.25) is 11.7 Å². The third-order valence-electron chi connectivity index (χ3n) is 2.05. The van der Waals surface area contributed by atoms with E-state index in [4.69, 9.17) is 15.0 Å². The van der Waals surface area contributed by atoms with Crippen LogP contribution in [0.1, 0.15) is 44.5 Å². The smallest absolute Gasteiger partial charge is 0.228 e. The van der Waals surface area contributed by atoms with Crippen molar-refractivity contribution in [1.82, 2.24) is 10.1 Å². The monoisotopic (exact) mass is 213 g/mol. The molecule has 0 saturated carbocycles. The Morgan fingerprint density at radius 3 is 2.87 bits per heavy atom. The van der Waals surface area contributed by atoms with Gasteiger partial charge < -0.3 is 15.0 Å². The number of nitrogens with two attached hydrogens (primary N) is 1. The largest absolute Gasteiger partial charge is 0.370 e. The van der Waals surface area contributed by atoms with E-state index in [1.54, 1.807) is 0 Å². The van der Waals surface area contributed by atoms with Crippen LogP contribution < -0.4 is 5.73 Å². The summed E-state index contributed by atoms with van der Waals surface area (Å²) in [4.78, 5) is 4.25. The molecule has 2 N–H and O–H groups in total. The second-order valence-corrected chi connectivity index (χ2v) is 3.32. The fourth-order valence-corrected chi connectivity index (χ4v) is 1.37. The maximum Gasteiger partial charge on any atom is 0.228 e. The Bertz CT molecular complexity index is 269. The first kappa shape index (κ1) is 12.1. The van der Waals surface area contributed by atoms with E-state index in [0.29, 0.717) is 31.3 Å². The second kappa shape index (κ2) is 6.53. The van der Waals surface area contributed by atoms with Crippen LogP contribution in [0.5, 0.6) is 0 Å². The number of nitrogens with zero attached hydrogens (tertiary/aromatic N) is 2. The summed E-state index contributed by atoms with van der Waals surface area (Å²) in [7, 11) is 0.